The van der Waals surface area contributed by atoms with Crippen LogP contribution in [-0.2, 0) is 16.1 Å². The quantitative estimate of drug-likeness (QED) is 0.695. The van der Waals surface area contributed by atoms with E-state index >= 15 is 0 Å². The lowest BCUT2D eigenvalue weighted by atomic mass is 10.2. The van der Waals surface area contributed by atoms with Crippen molar-refractivity contribution in [3.8, 4) is 5.75 Å². The molecular formula is C19H27N5O5. The lowest BCUT2D eigenvalue weighted by Gasteiger charge is -2.31. The van der Waals surface area contributed by atoms with Crippen molar-refractivity contribution in [3.05, 3.63) is 29.8 Å². The molecule has 0 spiro atoms. The van der Waals surface area contributed by atoms with Gasteiger partial charge in [-0.25, -0.2) is 14.6 Å². The summed E-state index contributed by atoms with van der Waals surface area (Å²) in [7, 11) is 3.02. The highest BCUT2D eigenvalue weighted by atomic mass is 16.6. The third kappa shape index (κ3) is 6.37. The van der Waals surface area contributed by atoms with E-state index < -0.39 is 29.7 Å². The summed E-state index contributed by atoms with van der Waals surface area (Å²) in [5, 5.41) is 7.63. The highest BCUT2D eigenvalue weighted by Gasteiger charge is 2.33. The first-order chi connectivity index (χ1) is 13.6. The van der Waals surface area contributed by atoms with E-state index in [9.17, 15) is 14.4 Å². The van der Waals surface area contributed by atoms with Crippen LogP contribution in [0.1, 0.15) is 26.3 Å². The van der Waals surface area contributed by atoms with Crippen LogP contribution in [0, 0.1) is 0 Å². The molecule has 0 aliphatic carbocycles. The largest absolute Gasteiger partial charge is 0.496 e. The molecule has 0 saturated carbocycles. The minimum Gasteiger partial charge on any atom is -0.496 e. The molecule has 0 saturated heterocycles. The number of aliphatic imine (C=N–C) groups is 1. The molecule has 0 radical (unpaired) electrons. The van der Waals surface area contributed by atoms with Gasteiger partial charge in [0.05, 0.1) is 13.7 Å². The van der Waals surface area contributed by atoms with Crippen molar-refractivity contribution in [3.63, 3.8) is 0 Å². The van der Waals surface area contributed by atoms with Crippen LogP contribution in [0.25, 0.3) is 0 Å². The van der Waals surface area contributed by atoms with E-state index in [1.54, 1.807) is 33.9 Å². The Kier molecular flexibility index (Phi) is 7.03. The van der Waals surface area contributed by atoms with Gasteiger partial charge in [0.1, 0.15) is 17.4 Å². The standard InChI is InChI=1S/C19H27N5O5/c1-19(2,3)29-18(27)24(4)13-11-20-16(22-15(13)25)23-17(26)21-10-12-8-6-7-9-14(12)28-5/h6-9,13H,10-11H2,1-5H3,(H3,20,21,22,23,25,26). The maximum Gasteiger partial charge on any atom is 0.410 e. The third-order valence-electron chi connectivity index (χ3n) is 3.98. The molecule has 1 aliphatic heterocycles. The Bertz CT molecular complexity index is 802. The Hall–Kier alpha value is -3.30. The number of ether oxygens (including phenoxy) is 2. The topological polar surface area (TPSA) is 121 Å². The summed E-state index contributed by atoms with van der Waals surface area (Å²) in [5.74, 6) is 0.207. The van der Waals surface area contributed by atoms with Crippen molar-refractivity contribution in [2.24, 2.45) is 4.99 Å². The SMILES string of the molecule is COc1ccccc1CNC(=O)NC1=NCC(N(C)C(=O)OC(C)(C)C)C(=O)N1. The number of likely N-dealkylation sites (N-methyl/N-ethyl adjacent to an activating group) is 1. The van der Waals surface area contributed by atoms with E-state index in [0.29, 0.717) is 5.75 Å². The lowest BCUT2D eigenvalue weighted by Crippen LogP contribution is -2.58. The number of nitrogens with one attached hydrogen (secondary N) is 3. The molecule has 1 atom stereocenters. The van der Waals surface area contributed by atoms with Gasteiger partial charge >= 0.3 is 12.1 Å². The second-order valence-electron chi connectivity index (χ2n) is 7.41. The molecule has 1 unspecified atom stereocenters. The number of hydrogen-bond acceptors (Lipinski definition) is 6. The van der Waals surface area contributed by atoms with Crippen LogP contribution < -0.4 is 20.7 Å². The van der Waals surface area contributed by atoms with Crippen molar-refractivity contribution < 1.29 is 23.9 Å². The normalized spacial score (nSPS) is 16.2. The molecule has 29 heavy (non-hydrogen) atoms. The van der Waals surface area contributed by atoms with Gasteiger partial charge in [-0.15, -0.1) is 0 Å². The minimum atomic E-state index is -0.827. The van der Waals surface area contributed by atoms with Gasteiger partial charge < -0.3 is 14.8 Å². The van der Waals surface area contributed by atoms with Gasteiger partial charge in [0.2, 0.25) is 5.96 Å². The van der Waals surface area contributed by atoms with Gasteiger partial charge in [-0.3, -0.25) is 20.3 Å². The molecule has 10 nitrogen and oxygen atoms in total. The van der Waals surface area contributed by atoms with Crippen LogP contribution in [0.2, 0.25) is 0 Å². The first-order valence-corrected chi connectivity index (χ1v) is 9.08. The first kappa shape index (κ1) is 22.0. The highest BCUT2D eigenvalue weighted by molar-refractivity contribution is 6.07. The zero-order chi connectivity index (χ0) is 21.6. The minimum absolute atomic E-state index is 0.00367. The summed E-state index contributed by atoms with van der Waals surface area (Å²) < 4.78 is 10.5. The number of nitrogens with zero attached hydrogens (tertiary/aromatic N) is 2. The number of amides is 4. The predicted molar refractivity (Wildman–Crippen MR) is 107 cm³/mol. The number of methoxy groups -OCH3 is 1. The Labute approximate surface area is 169 Å². The highest BCUT2D eigenvalue weighted by Crippen LogP contribution is 2.16. The maximum atomic E-state index is 12.3. The molecule has 0 bridgehead atoms. The van der Waals surface area contributed by atoms with Gasteiger partial charge in [0.15, 0.2) is 0 Å². The van der Waals surface area contributed by atoms with Gasteiger partial charge in [-0.05, 0) is 26.8 Å². The Morgan fingerprint density at radius 2 is 2.00 bits per heavy atom. The summed E-state index contributed by atoms with van der Waals surface area (Å²) in [6, 6.07) is 5.93. The molecule has 1 aliphatic rings. The third-order valence-corrected chi connectivity index (χ3v) is 3.98. The first-order valence-electron chi connectivity index (χ1n) is 9.08. The van der Waals surface area contributed by atoms with Gasteiger partial charge in [0, 0.05) is 19.2 Å². The van der Waals surface area contributed by atoms with Crippen LogP contribution in [0.15, 0.2) is 29.3 Å². The number of benzene rings is 1. The van der Waals surface area contributed by atoms with Crippen molar-refractivity contribution in [1.29, 1.82) is 0 Å². The number of urea groups is 1. The monoisotopic (exact) mass is 405 g/mol. The zero-order valence-corrected chi connectivity index (χ0v) is 17.2. The molecule has 158 valence electrons. The van der Waals surface area contributed by atoms with Crippen molar-refractivity contribution in [2.45, 2.75) is 39.0 Å². The molecule has 0 fully saturated rings. The van der Waals surface area contributed by atoms with Gasteiger partial charge in [-0.1, -0.05) is 18.2 Å². The lowest BCUT2D eigenvalue weighted by molar-refractivity contribution is -0.124. The van der Waals surface area contributed by atoms with Crippen LogP contribution in [-0.4, -0.2) is 61.2 Å². The van der Waals surface area contributed by atoms with Gasteiger partial charge in [0.25, 0.3) is 5.91 Å². The van der Waals surface area contributed by atoms with Crippen molar-refractivity contribution in [2.75, 3.05) is 20.7 Å². The fraction of sp³-hybridized carbons (Fsp3) is 0.474. The van der Waals surface area contributed by atoms with Crippen LogP contribution in [0.3, 0.4) is 0 Å². The summed E-state index contributed by atoms with van der Waals surface area (Å²) in [5.41, 5.74) is 0.130. The average molecular weight is 405 g/mol. The summed E-state index contributed by atoms with van der Waals surface area (Å²) >= 11 is 0. The van der Waals surface area contributed by atoms with E-state index in [4.69, 9.17) is 9.47 Å². The number of carbonyl (C=O) groups is 3. The number of guanidine groups is 1. The number of para-hydroxylation sites is 1. The van der Waals surface area contributed by atoms with Crippen molar-refractivity contribution in [1.82, 2.24) is 20.9 Å². The number of carbonyl (C=O) groups excluding carboxylic acids is 3. The second kappa shape index (κ2) is 9.26. The summed E-state index contributed by atoms with van der Waals surface area (Å²) in [6.07, 6.45) is -0.626. The molecule has 3 N–H and O–H groups in total. The predicted octanol–water partition coefficient (Wildman–Crippen LogP) is 1.22. The van der Waals surface area contributed by atoms with Crippen LogP contribution in [0.4, 0.5) is 9.59 Å². The molecule has 1 aromatic carbocycles. The van der Waals surface area contributed by atoms with Crippen LogP contribution >= 0.6 is 0 Å². The Morgan fingerprint density at radius 3 is 2.62 bits per heavy atom. The fourth-order valence-electron chi connectivity index (χ4n) is 2.51. The number of rotatable bonds is 4. The average Bonchev–Trinajstić information content (AvgIpc) is 2.65. The molecule has 1 aromatic rings. The second-order valence-corrected chi connectivity index (χ2v) is 7.41. The smallest absolute Gasteiger partial charge is 0.410 e. The van der Waals surface area contributed by atoms with Gasteiger partial charge in [-0.2, -0.15) is 0 Å². The molecule has 1 heterocycles. The summed E-state index contributed by atoms with van der Waals surface area (Å²) in [4.78, 5) is 41.9. The molecule has 10 heteroatoms. The van der Waals surface area contributed by atoms with E-state index in [1.807, 2.05) is 18.2 Å². The molecule has 2 rings (SSSR count). The van der Waals surface area contributed by atoms with E-state index in [0.717, 1.165) is 5.56 Å². The molecular weight excluding hydrogens is 378 g/mol. The summed E-state index contributed by atoms with van der Waals surface area (Å²) in [6.45, 7) is 5.46. The van der Waals surface area contributed by atoms with E-state index in [2.05, 4.69) is 20.9 Å². The van der Waals surface area contributed by atoms with E-state index in [1.165, 1.54) is 11.9 Å². The van der Waals surface area contributed by atoms with Crippen molar-refractivity contribution >= 4 is 24.0 Å². The zero-order valence-electron chi connectivity index (χ0n) is 17.2. The van der Waals surface area contributed by atoms with Crippen LogP contribution in [0.5, 0.6) is 5.75 Å². The van der Waals surface area contributed by atoms with E-state index in [-0.39, 0.29) is 19.0 Å². The Morgan fingerprint density at radius 1 is 1.31 bits per heavy atom. The Balaban J connectivity index is 1.89. The number of hydrogen-bond donors (Lipinski definition) is 3. The fourth-order valence-corrected chi connectivity index (χ4v) is 2.51. The molecule has 0 aromatic heterocycles. The maximum absolute atomic E-state index is 12.3. The molecule has 4 amide bonds.